The predicted molar refractivity (Wildman–Crippen MR) is 113 cm³/mol. The average Bonchev–Trinajstić information content (AvgIpc) is 2.73. The molecule has 2 aliphatic carbocycles. The van der Waals surface area contributed by atoms with Crippen molar-refractivity contribution < 1.29 is 26.3 Å². The molecular formula is C26H22F6. The molecule has 0 saturated heterocycles. The molecule has 0 aliphatic heterocycles. The fourth-order valence-electron chi connectivity index (χ4n) is 4.60. The molecular weight excluding hydrogens is 426 g/mol. The molecule has 0 heterocycles. The molecule has 168 valence electrons. The lowest BCUT2D eigenvalue weighted by Gasteiger charge is -2.26. The number of hydrogen-bond donors (Lipinski definition) is 0. The Balaban J connectivity index is 1.64. The van der Waals surface area contributed by atoms with Crippen LogP contribution < -0.4 is 0 Å². The SMILES string of the molecule is CC1CC=C(C2=CCC(c3cc(F)c4c(F)c(C#CC(F)(F)F)c(F)cc4c3)CC2)CC1. The molecule has 0 saturated carbocycles. The first kappa shape index (κ1) is 22.5. The van der Waals surface area contributed by atoms with Crippen molar-refractivity contribution in [2.75, 3.05) is 0 Å². The number of benzene rings is 2. The second kappa shape index (κ2) is 8.69. The van der Waals surface area contributed by atoms with Gasteiger partial charge in [0, 0.05) is 5.92 Å². The van der Waals surface area contributed by atoms with Gasteiger partial charge in [0.25, 0.3) is 0 Å². The van der Waals surface area contributed by atoms with Crippen LogP contribution in [0.4, 0.5) is 26.3 Å². The zero-order chi connectivity index (χ0) is 23.0. The Morgan fingerprint density at radius 3 is 2.16 bits per heavy atom. The lowest BCUT2D eigenvalue weighted by Crippen LogP contribution is -2.09. The van der Waals surface area contributed by atoms with E-state index in [4.69, 9.17) is 0 Å². The van der Waals surface area contributed by atoms with Gasteiger partial charge >= 0.3 is 6.18 Å². The highest BCUT2D eigenvalue weighted by Gasteiger charge is 2.25. The van der Waals surface area contributed by atoms with Crippen molar-refractivity contribution in [1.82, 2.24) is 0 Å². The zero-order valence-electron chi connectivity index (χ0n) is 17.6. The summed E-state index contributed by atoms with van der Waals surface area (Å²) in [5, 5.41) is -0.568. The van der Waals surface area contributed by atoms with Crippen molar-refractivity contribution in [3.8, 4) is 11.8 Å². The largest absolute Gasteiger partial charge is 0.458 e. The molecule has 2 aromatic carbocycles. The second-order valence-corrected chi connectivity index (χ2v) is 8.71. The molecule has 0 N–H and O–H groups in total. The van der Waals surface area contributed by atoms with Gasteiger partial charge in [0.15, 0.2) is 5.82 Å². The van der Waals surface area contributed by atoms with E-state index in [2.05, 4.69) is 19.1 Å². The summed E-state index contributed by atoms with van der Waals surface area (Å²) in [6.45, 7) is 2.24. The van der Waals surface area contributed by atoms with Gasteiger partial charge in [0.05, 0.1) is 10.9 Å². The number of halogens is 6. The maximum atomic E-state index is 14.8. The summed E-state index contributed by atoms with van der Waals surface area (Å²) in [5.41, 5.74) is 2.27. The van der Waals surface area contributed by atoms with E-state index in [1.165, 1.54) is 35.6 Å². The first-order chi connectivity index (χ1) is 15.1. The average molecular weight is 448 g/mol. The van der Waals surface area contributed by atoms with Gasteiger partial charge < -0.3 is 0 Å². The van der Waals surface area contributed by atoms with Crippen LogP contribution in [-0.4, -0.2) is 6.18 Å². The number of rotatable bonds is 2. The topological polar surface area (TPSA) is 0 Å². The molecule has 0 spiro atoms. The Kier molecular flexibility index (Phi) is 6.11. The van der Waals surface area contributed by atoms with Gasteiger partial charge in [-0.2, -0.15) is 13.2 Å². The third-order valence-electron chi connectivity index (χ3n) is 6.40. The minimum Gasteiger partial charge on any atom is -0.206 e. The molecule has 0 nitrogen and oxygen atoms in total. The molecule has 6 heteroatoms. The Hall–Kier alpha value is -2.68. The van der Waals surface area contributed by atoms with Crippen LogP contribution >= 0.6 is 0 Å². The standard InChI is InChI=1S/C26H22F6/c1-15-2-4-16(5-3-15)17-6-8-18(9-7-17)19-12-20-14-22(27)21(10-11-26(30,31)32)25(29)24(20)23(28)13-19/h4,6,12-15,18H,2-3,5,7-9H2,1H3. The van der Waals surface area contributed by atoms with Crippen molar-refractivity contribution in [2.45, 2.75) is 57.5 Å². The van der Waals surface area contributed by atoms with Crippen LogP contribution in [-0.2, 0) is 0 Å². The summed E-state index contributed by atoms with van der Waals surface area (Å²) in [6.07, 6.45) is 5.26. The van der Waals surface area contributed by atoms with Crippen molar-refractivity contribution in [1.29, 1.82) is 0 Å². The summed E-state index contributed by atoms with van der Waals surface area (Å²) in [5.74, 6) is -0.576. The van der Waals surface area contributed by atoms with Crippen LogP contribution in [0.1, 0.15) is 62.5 Å². The van der Waals surface area contributed by atoms with E-state index < -0.39 is 34.6 Å². The summed E-state index contributed by atoms with van der Waals surface area (Å²) in [6, 6.07) is 3.58. The Morgan fingerprint density at radius 2 is 1.56 bits per heavy atom. The molecule has 2 aromatic rings. The van der Waals surface area contributed by atoms with Crippen LogP contribution in [0.3, 0.4) is 0 Å². The third-order valence-corrected chi connectivity index (χ3v) is 6.40. The highest BCUT2D eigenvalue weighted by molar-refractivity contribution is 5.86. The highest BCUT2D eigenvalue weighted by atomic mass is 19.4. The van der Waals surface area contributed by atoms with Gasteiger partial charge in [-0.3, -0.25) is 0 Å². The van der Waals surface area contributed by atoms with Crippen LogP contribution in [0.5, 0.6) is 0 Å². The molecule has 4 rings (SSSR count). The monoisotopic (exact) mass is 448 g/mol. The lowest BCUT2D eigenvalue weighted by atomic mass is 9.79. The molecule has 2 unspecified atom stereocenters. The van der Waals surface area contributed by atoms with Crippen molar-refractivity contribution in [2.24, 2.45) is 5.92 Å². The molecule has 0 fully saturated rings. The molecule has 0 aromatic heterocycles. The van der Waals surface area contributed by atoms with Crippen molar-refractivity contribution >= 4 is 10.8 Å². The quantitative estimate of drug-likeness (QED) is 0.322. The number of hydrogen-bond acceptors (Lipinski definition) is 0. The number of allylic oxidation sites excluding steroid dienone is 4. The molecule has 32 heavy (non-hydrogen) atoms. The summed E-state index contributed by atoms with van der Waals surface area (Å²) in [4.78, 5) is 0. The van der Waals surface area contributed by atoms with Gasteiger partial charge in [0.1, 0.15) is 11.6 Å². The third kappa shape index (κ3) is 4.72. The lowest BCUT2D eigenvalue weighted by molar-refractivity contribution is -0.0696. The van der Waals surface area contributed by atoms with Crippen molar-refractivity contribution in [3.05, 3.63) is 70.1 Å². The maximum Gasteiger partial charge on any atom is 0.458 e. The van der Waals surface area contributed by atoms with E-state index in [1.807, 2.05) is 0 Å². The zero-order valence-corrected chi connectivity index (χ0v) is 17.6. The van der Waals surface area contributed by atoms with E-state index in [9.17, 15) is 26.3 Å². The van der Waals surface area contributed by atoms with Crippen LogP contribution in [0.15, 0.2) is 41.5 Å². The second-order valence-electron chi connectivity index (χ2n) is 8.71. The molecule has 2 atom stereocenters. The Morgan fingerprint density at radius 1 is 0.875 bits per heavy atom. The summed E-state index contributed by atoms with van der Waals surface area (Å²) in [7, 11) is 0. The highest BCUT2D eigenvalue weighted by Crippen LogP contribution is 2.39. The van der Waals surface area contributed by atoms with E-state index in [-0.39, 0.29) is 11.3 Å². The van der Waals surface area contributed by atoms with Gasteiger partial charge in [-0.15, -0.1) is 0 Å². The smallest absolute Gasteiger partial charge is 0.206 e. The van der Waals surface area contributed by atoms with E-state index in [1.54, 1.807) is 0 Å². The van der Waals surface area contributed by atoms with E-state index >= 15 is 0 Å². The Bertz CT molecular complexity index is 1170. The number of alkyl halides is 3. The minimum absolute atomic E-state index is 0.0107. The molecule has 2 aliphatic rings. The van der Waals surface area contributed by atoms with E-state index in [0.29, 0.717) is 17.9 Å². The van der Waals surface area contributed by atoms with E-state index in [0.717, 1.165) is 37.7 Å². The van der Waals surface area contributed by atoms with Gasteiger partial charge in [-0.05, 0) is 84.6 Å². The minimum atomic E-state index is -4.91. The van der Waals surface area contributed by atoms with Crippen LogP contribution in [0, 0.1) is 35.2 Å². The fraction of sp³-hybridized carbons (Fsp3) is 0.385. The van der Waals surface area contributed by atoms with Gasteiger partial charge in [-0.25, -0.2) is 13.2 Å². The Labute approximate surface area is 183 Å². The number of fused-ring (bicyclic) bond motifs is 1. The van der Waals surface area contributed by atoms with Crippen LogP contribution in [0.2, 0.25) is 0 Å². The normalized spacial score (nSPS) is 21.6. The first-order valence-electron chi connectivity index (χ1n) is 10.7. The summed E-state index contributed by atoms with van der Waals surface area (Å²) < 4.78 is 80.7. The summed E-state index contributed by atoms with van der Waals surface area (Å²) >= 11 is 0. The van der Waals surface area contributed by atoms with Crippen molar-refractivity contribution in [3.63, 3.8) is 0 Å². The van der Waals surface area contributed by atoms with Crippen LogP contribution in [0.25, 0.3) is 10.8 Å². The molecule has 0 bridgehead atoms. The maximum absolute atomic E-state index is 14.8. The fourth-order valence-corrected chi connectivity index (χ4v) is 4.60. The predicted octanol–water partition coefficient (Wildman–Crippen LogP) is 8.11. The molecule has 0 amide bonds. The van der Waals surface area contributed by atoms with Gasteiger partial charge in [-0.1, -0.05) is 31.1 Å². The van der Waals surface area contributed by atoms with Gasteiger partial charge in [0.2, 0.25) is 0 Å². The first-order valence-corrected chi connectivity index (χ1v) is 10.7. The molecule has 0 radical (unpaired) electrons.